The van der Waals surface area contributed by atoms with Gasteiger partial charge in [-0.25, -0.2) is 9.97 Å². The molecule has 2 nitrogen and oxygen atoms in total. The molecule has 1 heterocycles. The van der Waals surface area contributed by atoms with Gasteiger partial charge in [-0.2, -0.15) is 0 Å². The van der Waals surface area contributed by atoms with Gasteiger partial charge in [0.25, 0.3) is 0 Å². The van der Waals surface area contributed by atoms with E-state index >= 15 is 0 Å². The number of hydrogen-bond acceptors (Lipinski definition) is 2. The molecule has 0 atom stereocenters. The summed E-state index contributed by atoms with van der Waals surface area (Å²) in [6.07, 6.45) is 2.64. The zero-order valence-electron chi connectivity index (χ0n) is 9.95. The van der Waals surface area contributed by atoms with Gasteiger partial charge in [-0.15, -0.1) is 0 Å². The van der Waals surface area contributed by atoms with Crippen LogP contribution in [0, 0.1) is 6.92 Å². The molecule has 92 valence electrons. The lowest BCUT2D eigenvalue weighted by Crippen LogP contribution is -1.94. The molecule has 0 saturated heterocycles. The molecule has 1 aromatic heterocycles. The number of hydrogen-bond donors (Lipinski definition) is 0. The third-order valence-electron chi connectivity index (χ3n) is 3.19. The minimum atomic E-state index is 0.462. The minimum absolute atomic E-state index is 0.462. The predicted molar refractivity (Wildman–Crippen MR) is 76.9 cm³/mol. The zero-order chi connectivity index (χ0) is 12.7. The Morgan fingerprint density at radius 2 is 1.83 bits per heavy atom. The maximum atomic E-state index is 6.06. The molecule has 1 fully saturated rings. The van der Waals surface area contributed by atoms with Gasteiger partial charge in [0, 0.05) is 5.56 Å². The molecule has 0 aliphatic heterocycles. The van der Waals surface area contributed by atoms with Gasteiger partial charge in [0.05, 0.1) is 10.2 Å². The van der Waals surface area contributed by atoms with Gasteiger partial charge in [-0.05, 0) is 47.2 Å². The summed E-state index contributed by atoms with van der Waals surface area (Å²) in [5.74, 6) is 1.46. The number of rotatable bonds is 2. The van der Waals surface area contributed by atoms with E-state index in [9.17, 15) is 0 Å². The van der Waals surface area contributed by atoms with Crippen LogP contribution in [0.25, 0.3) is 11.4 Å². The summed E-state index contributed by atoms with van der Waals surface area (Å²) in [4.78, 5) is 8.75. The van der Waals surface area contributed by atoms with Crippen molar-refractivity contribution in [3.8, 4) is 11.4 Å². The van der Waals surface area contributed by atoms with E-state index < -0.39 is 0 Å². The average Bonchev–Trinajstić information content (AvgIpc) is 3.20. The lowest BCUT2D eigenvalue weighted by molar-refractivity contribution is 1.09. The summed E-state index contributed by atoms with van der Waals surface area (Å²) in [6, 6.07) is 8.49. The standard InChI is InChI=1S/C14H12BrClN2/c1-8-12(15)13(16)18-14(17-8)11-6-4-10(5-7-11)9-2-3-9/h4-7,9H,2-3H2,1H3. The van der Waals surface area contributed by atoms with Gasteiger partial charge in [0.2, 0.25) is 0 Å². The first-order valence-corrected chi connectivity index (χ1v) is 7.12. The van der Waals surface area contributed by atoms with E-state index in [0.717, 1.165) is 21.6 Å². The van der Waals surface area contributed by atoms with Crippen molar-refractivity contribution in [2.24, 2.45) is 0 Å². The molecular weight excluding hydrogens is 312 g/mol. The number of aryl methyl sites for hydroxylation is 1. The third-order valence-corrected chi connectivity index (χ3v) is 4.65. The Bertz CT molecular complexity index is 568. The highest BCUT2D eigenvalue weighted by atomic mass is 79.9. The van der Waals surface area contributed by atoms with E-state index in [2.05, 4.69) is 50.2 Å². The fourth-order valence-corrected chi connectivity index (χ4v) is 2.37. The van der Waals surface area contributed by atoms with E-state index in [1.807, 2.05) is 6.92 Å². The highest BCUT2D eigenvalue weighted by Gasteiger charge is 2.23. The van der Waals surface area contributed by atoms with Gasteiger partial charge in [-0.3, -0.25) is 0 Å². The largest absolute Gasteiger partial charge is 0.232 e. The molecule has 0 bridgehead atoms. The van der Waals surface area contributed by atoms with Gasteiger partial charge in [0.1, 0.15) is 5.15 Å². The van der Waals surface area contributed by atoms with E-state index in [-0.39, 0.29) is 0 Å². The third kappa shape index (κ3) is 2.29. The summed E-state index contributed by atoms with van der Waals surface area (Å²) < 4.78 is 0.766. The Labute approximate surface area is 120 Å². The average molecular weight is 324 g/mol. The van der Waals surface area contributed by atoms with E-state index in [1.165, 1.54) is 18.4 Å². The van der Waals surface area contributed by atoms with E-state index in [0.29, 0.717) is 11.0 Å². The Balaban J connectivity index is 1.98. The Morgan fingerprint density at radius 3 is 2.39 bits per heavy atom. The highest BCUT2D eigenvalue weighted by Crippen LogP contribution is 2.40. The van der Waals surface area contributed by atoms with Crippen LogP contribution in [0.2, 0.25) is 5.15 Å². The highest BCUT2D eigenvalue weighted by molar-refractivity contribution is 9.10. The van der Waals surface area contributed by atoms with Crippen molar-refractivity contribution in [1.82, 2.24) is 9.97 Å². The Kier molecular flexibility index (Phi) is 3.12. The molecule has 2 aromatic rings. The molecule has 0 spiro atoms. The summed E-state index contributed by atoms with van der Waals surface area (Å²) in [5, 5.41) is 0.462. The first kappa shape index (κ1) is 12.1. The molecule has 0 amide bonds. The fourth-order valence-electron chi connectivity index (χ4n) is 1.97. The van der Waals surface area contributed by atoms with Gasteiger partial charge in [0.15, 0.2) is 5.82 Å². The number of nitrogens with zero attached hydrogens (tertiary/aromatic N) is 2. The zero-order valence-corrected chi connectivity index (χ0v) is 12.3. The predicted octanol–water partition coefficient (Wildman–Crippen LogP) is 4.75. The molecule has 1 saturated carbocycles. The first-order valence-electron chi connectivity index (χ1n) is 5.95. The van der Waals surface area contributed by atoms with Gasteiger partial charge >= 0.3 is 0 Å². The SMILES string of the molecule is Cc1nc(-c2ccc(C3CC3)cc2)nc(Cl)c1Br. The van der Waals surface area contributed by atoms with Crippen LogP contribution in [-0.4, -0.2) is 9.97 Å². The molecule has 1 aliphatic rings. The topological polar surface area (TPSA) is 25.8 Å². The Hall–Kier alpha value is -0.930. The van der Waals surface area contributed by atoms with Crippen molar-refractivity contribution in [3.63, 3.8) is 0 Å². The van der Waals surface area contributed by atoms with Crippen molar-refractivity contribution >= 4 is 27.5 Å². The second-order valence-corrected chi connectivity index (χ2v) is 5.78. The van der Waals surface area contributed by atoms with Crippen LogP contribution in [-0.2, 0) is 0 Å². The van der Waals surface area contributed by atoms with Gasteiger partial charge < -0.3 is 0 Å². The quantitative estimate of drug-likeness (QED) is 0.746. The number of halogens is 2. The molecule has 0 N–H and O–H groups in total. The van der Waals surface area contributed by atoms with Crippen LogP contribution >= 0.6 is 27.5 Å². The molecule has 0 radical (unpaired) electrons. The van der Waals surface area contributed by atoms with E-state index in [1.54, 1.807) is 0 Å². The second kappa shape index (κ2) is 4.63. The maximum absolute atomic E-state index is 6.06. The fraction of sp³-hybridized carbons (Fsp3) is 0.286. The van der Waals surface area contributed by atoms with Crippen molar-refractivity contribution in [2.45, 2.75) is 25.7 Å². The molecule has 3 rings (SSSR count). The molecule has 1 aromatic carbocycles. The molecule has 1 aliphatic carbocycles. The minimum Gasteiger partial charge on any atom is -0.232 e. The first-order chi connectivity index (χ1) is 8.65. The monoisotopic (exact) mass is 322 g/mol. The van der Waals surface area contributed by atoms with Crippen LogP contribution in [0.1, 0.15) is 30.0 Å². The van der Waals surface area contributed by atoms with Crippen LogP contribution in [0.3, 0.4) is 0 Å². The maximum Gasteiger partial charge on any atom is 0.161 e. The molecule has 18 heavy (non-hydrogen) atoms. The van der Waals surface area contributed by atoms with Crippen LogP contribution in [0.5, 0.6) is 0 Å². The molecular formula is C14H12BrClN2. The van der Waals surface area contributed by atoms with Crippen molar-refractivity contribution in [2.75, 3.05) is 0 Å². The van der Waals surface area contributed by atoms with Crippen molar-refractivity contribution in [3.05, 3.63) is 45.1 Å². The van der Waals surface area contributed by atoms with Gasteiger partial charge in [-0.1, -0.05) is 35.9 Å². The lowest BCUT2D eigenvalue weighted by Gasteiger charge is -2.06. The summed E-state index contributed by atoms with van der Waals surface area (Å²) >= 11 is 9.43. The summed E-state index contributed by atoms with van der Waals surface area (Å²) in [7, 11) is 0. The second-order valence-electron chi connectivity index (χ2n) is 4.63. The number of aromatic nitrogens is 2. The molecule has 0 unspecified atom stereocenters. The van der Waals surface area contributed by atoms with Crippen LogP contribution < -0.4 is 0 Å². The molecule has 4 heteroatoms. The van der Waals surface area contributed by atoms with Crippen molar-refractivity contribution < 1.29 is 0 Å². The Morgan fingerprint density at radius 1 is 1.17 bits per heavy atom. The summed E-state index contributed by atoms with van der Waals surface area (Å²) in [5.41, 5.74) is 3.28. The summed E-state index contributed by atoms with van der Waals surface area (Å²) in [6.45, 7) is 1.92. The van der Waals surface area contributed by atoms with Crippen LogP contribution in [0.4, 0.5) is 0 Å². The normalized spacial score (nSPS) is 14.8. The van der Waals surface area contributed by atoms with Crippen molar-refractivity contribution in [1.29, 1.82) is 0 Å². The van der Waals surface area contributed by atoms with E-state index in [4.69, 9.17) is 11.6 Å². The van der Waals surface area contributed by atoms with Crippen LogP contribution in [0.15, 0.2) is 28.7 Å². The lowest BCUT2D eigenvalue weighted by atomic mass is 10.1. The number of benzene rings is 1. The smallest absolute Gasteiger partial charge is 0.161 e.